The van der Waals surface area contributed by atoms with Crippen molar-refractivity contribution in [3.05, 3.63) is 0 Å². The van der Waals surface area contributed by atoms with Gasteiger partial charge in [0, 0.05) is 6.04 Å². The Kier molecular flexibility index (Phi) is 3.87. The Hall–Kier alpha value is -1.24. The van der Waals surface area contributed by atoms with Gasteiger partial charge in [-0.3, -0.25) is 4.79 Å². The number of amides is 1. The van der Waals surface area contributed by atoms with Crippen LogP contribution in [-0.4, -0.2) is 32.9 Å². The molecule has 7 heteroatoms. The van der Waals surface area contributed by atoms with Crippen molar-refractivity contribution < 1.29 is 4.79 Å². The van der Waals surface area contributed by atoms with E-state index in [-0.39, 0.29) is 17.9 Å². The first kappa shape index (κ1) is 13.7. The Bertz CT molecular complexity index is 491. The summed E-state index contributed by atoms with van der Waals surface area (Å²) in [6.45, 7) is 2.14. The third-order valence-electron chi connectivity index (χ3n) is 4.64. The molecule has 0 aromatic carbocycles. The number of hydrogen-bond acceptors (Lipinski definition) is 5. The van der Waals surface area contributed by atoms with Gasteiger partial charge in [-0.2, -0.15) is 4.98 Å². The van der Waals surface area contributed by atoms with Crippen LogP contribution in [0.15, 0.2) is 5.16 Å². The number of rotatable bonds is 5. The molecule has 0 radical (unpaired) electrons. The standard InChI is InChI=1S/C13H21N5OS/c1-7(10-5-8-2-3-9(10)4-8)15-11(19)6-20-13-16-12(14)17-18-13/h7-10H,2-6H2,1H3,(H,15,19)(H3,14,16,17,18)/t7-,8+,9+,10+/m1/s1. The van der Waals surface area contributed by atoms with Gasteiger partial charge in [-0.25, -0.2) is 5.10 Å². The second kappa shape index (κ2) is 5.63. The van der Waals surface area contributed by atoms with Gasteiger partial charge in [0.25, 0.3) is 0 Å². The predicted octanol–water partition coefficient (Wildman–Crippen LogP) is 1.42. The molecule has 0 aliphatic heterocycles. The number of aromatic nitrogens is 3. The maximum Gasteiger partial charge on any atom is 0.230 e. The molecule has 2 aliphatic rings. The molecule has 2 saturated carbocycles. The van der Waals surface area contributed by atoms with Crippen LogP contribution in [-0.2, 0) is 4.79 Å². The molecule has 20 heavy (non-hydrogen) atoms. The molecule has 6 nitrogen and oxygen atoms in total. The smallest absolute Gasteiger partial charge is 0.230 e. The molecule has 1 aromatic rings. The molecule has 1 aromatic heterocycles. The van der Waals surface area contributed by atoms with Crippen LogP contribution in [0.5, 0.6) is 0 Å². The second-order valence-corrected chi connectivity index (χ2v) is 6.93. The first-order valence-electron chi connectivity index (χ1n) is 7.22. The van der Waals surface area contributed by atoms with Gasteiger partial charge in [0.1, 0.15) is 0 Å². The number of carbonyl (C=O) groups is 1. The predicted molar refractivity (Wildman–Crippen MR) is 78.1 cm³/mol. The van der Waals surface area contributed by atoms with E-state index in [0.29, 0.717) is 16.8 Å². The highest BCUT2D eigenvalue weighted by Gasteiger charge is 2.42. The lowest BCUT2D eigenvalue weighted by molar-refractivity contribution is -0.119. The summed E-state index contributed by atoms with van der Waals surface area (Å²) in [6, 6.07) is 0.274. The summed E-state index contributed by atoms with van der Waals surface area (Å²) in [5.41, 5.74) is 5.44. The number of thioether (sulfide) groups is 1. The summed E-state index contributed by atoms with van der Waals surface area (Å²) < 4.78 is 0. The number of hydrogen-bond donors (Lipinski definition) is 3. The zero-order valence-electron chi connectivity index (χ0n) is 11.6. The van der Waals surface area contributed by atoms with Crippen molar-refractivity contribution in [2.24, 2.45) is 17.8 Å². The molecule has 0 unspecified atom stereocenters. The minimum Gasteiger partial charge on any atom is -0.368 e. The van der Waals surface area contributed by atoms with Gasteiger partial charge >= 0.3 is 0 Å². The van der Waals surface area contributed by atoms with Crippen LogP contribution in [0.25, 0.3) is 0 Å². The fourth-order valence-electron chi connectivity index (χ4n) is 3.76. The van der Waals surface area contributed by atoms with Crippen LogP contribution in [0, 0.1) is 17.8 Å². The fraction of sp³-hybridized carbons (Fsp3) is 0.769. The van der Waals surface area contributed by atoms with E-state index >= 15 is 0 Å². The highest BCUT2D eigenvalue weighted by molar-refractivity contribution is 7.99. The maximum absolute atomic E-state index is 12.0. The van der Waals surface area contributed by atoms with E-state index in [4.69, 9.17) is 5.73 Å². The number of aromatic amines is 1. The van der Waals surface area contributed by atoms with Crippen molar-refractivity contribution in [1.82, 2.24) is 20.5 Å². The van der Waals surface area contributed by atoms with Gasteiger partial charge in [-0.1, -0.05) is 18.2 Å². The van der Waals surface area contributed by atoms with Crippen molar-refractivity contribution in [1.29, 1.82) is 0 Å². The van der Waals surface area contributed by atoms with Crippen LogP contribution < -0.4 is 11.1 Å². The zero-order valence-corrected chi connectivity index (χ0v) is 12.4. The molecular weight excluding hydrogens is 274 g/mol. The van der Waals surface area contributed by atoms with Gasteiger partial charge in [-0.15, -0.1) is 5.10 Å². The van der Waals surface area contributed by atoms with Crippen LogP contribution in [0.1, 0.15) is 32.6 Å². The molecule has 1 amide bonds. The number of carbonyl (C=O) groups excluding carboxylic acids is 1. The topological polar surface area (TPSA) is 96.7 Å². The van der Waals surface area contributed by atoms with Crippen molar-refractivity contribution in [2.45, 2.75) is 43.8 Å². The number of nitrogens with two attached hydrogens (primary N) is 1. The number of nitrogen functional groups attached to an aromatic ring is 1. The normalized spacial score (nSPS) is 29.6. The van der Waals surface area contributed by atoms with Crippen LogP contribution in [0.3, 0.4) is 0 Å². The van der Waals surface area contributed by atoms with E-state index in [1.807, 2.05) is 0 Å². The highest BCUT2D eigenvalue weighted by Crippen LogP contribution is 2.49. The zero-order chi connectivity index (χ0) is 14.1. The Labute approximate surface area is 122 Å². The quantitative estimate of drug-likeness (QED) is 0.714. The van der Waals surface area contributed by atoms with Crippen LogP contribution in [0.2, 0.25) is 0 Å². The molecule has 4 atom stereocenters. The minimum atomic E-state index is 0.0497. The first-order chi connectivity index (χ1) is 9.61. The number of nitrogens with zero attached hydrogens (tertiary/aromatic N) is 2. The van der Waals surface area contributed by atoms with Crippen LogP contribution >= 0.6 is 11.8 Å². The molecule has 0 saturated heterocycles. The summed E-state index contributed by atoms with van der Waals surface area (Å²) in [4.78, 5) is 15.9. The molecule has 2 bridgehead atoms. The lowest BCUT2D eigenvalue weighted by atomic mass is 9.84. The summed E-state index contributed by atoms with van der Waals surface area (Å²) in [5.74, 6) is 3.08. The molecule has 2 fully saturated rings. The molecular formula is C13H21N5OS. The third kappa shape index (κ3) is 2.92. The van der Waals surface area contributed by atoms with Gasteiger partial charge < -0.3 is 11.1 Å². The van der Waals surface area contributed by atoms with Gasteiger partial charge in [-0.05, 0) is 43.9 Å². The molecule has 4 N–H and O–H groups in total. The summed E-state index contributed by atoms with van der Waals surface area (Å²) in [5, 5.41) is 10.1. The van der Waals surface area contributed by atoms with Crippen molar-refractivity contribution in [3.63, 3.8) is 0 Å². The van der Waals surface area contributed by atoms with Crippen molar-refractivity contribution in [2.75, 3.05) is 11.5 Å². The average Bonchev–Trinajstić information content (AvgIpc) is 3.12. The molecule has 1 heterocycles. The Balaban J connectivity index is 1.44. The summed E-state index contributed by atoms with van der Waals surface area (Å²) >= 11 is 1.30. The van der Waals surface area contributed by atoms with E-state index in [1.54, 1.807) is 0 Å². The Morgan fingerprint density at radius 3 is 3.00 bits per heavy atom. The van der Waals surface area contributed by atoms with Gasteiger partial charge in [0.2, 0.25) is 17.0 Å². The fourth-order valence-corrected chi connectivity index (χ4v) is 4.38. The van der Waals surface area contributed by atoms with Crippen molar-refractivity contribution in [3.8, 4) is 0 Å². The lowest BCUT2D eigenvalue weighted by Crippen LogP contribution is -2.40. The minimum absolute atomic E-state index is 0.0497. The Morgan fingerprint density at radius 2 is 2.40 bits per heavy atom. The molecule has 2 aliphatic carbocycles. The lowest BCUT2D eigenvalue weighted by Gasteiger charge is -2.28. The highest BCUT2D eigenvalue weighted by atomic mass is 32.2. The van der Waals surface area contributed by atoms with Gasteiger partial charge in [0.05, 0.1) is 5.75 Å². The largest absolute Gasteiger partial charge is 0.368 e. The molecule has 3 rings (SSSR count). The van der Waals surface area contributed by atoms with E-state index < -0.39 is 0 Å². The SMILES string of the molecule is C[C@@H](NC(=O)CSc1n[nH]c(N)n1)[C@@H]1C[C@H]2CC[C@H]1C2. The van der Waals surface area contributed by atoms with E-state index in [1.165, 1.54) is 37.4 Å². The third-order valence-corrected chi connectivity index (χ3v) is 5.49. The van der Waals surface area contributed by atoms with E-state index in [0.717, 1.165) is 11.8 Å². The number of anilines is 1. The van der Waals surface area contributed by atoms with Crippen molar-refractivity contribution >= 4 is 23.6 Å². The van der Waals surface area contributed by atoms with E-state index in [9.17, 15) is 4.79 Å². The number of nitrogens with one attached hydrogen (secondary N) is 2. The Morgan fingerprint density at radius 1 is 1.55 bits per heavy atom. The van der Waals surface area contributed by atoms with Gasteiger partial charge in [0.15, 0.2) is 0 Å². The maximum atomic E-state index is 12.0. The second-order valence-electron chi connectivity index (χ2n) is 5.99. The monoisotopic (exact) mass is 295 g/mol. The summed E-state index contributed by atoms with van der Waals surface area (Å²) in [6.07, 6.45) is 5.40. The van der Waals surface area contributed by atoms with E-state index in [2.05, 4.69) is 27.4 Å². The molecule has 0 spiro atoms. The van der Waals surface area contributed by atoms with Crippen LogP contribution in [0.4, 0.5) is 5.95 Å². The number of H-pyrrole nitrogens is 1. The summed E-state index contributed by atoms with van der Waals surface area (Å²) in [7, 11) is 0. The average molecular weight is 295 g/mol. The number of fused-ring (bicyclic) bond motifs is 2. The molecule has 110 valence electrons. The first-order valence-corrected chi connectivity index (χ1v) is 8.20.